The molecule has 0 atom stereocenters. The fourth-order valence-electron chi connectivity index (χ4n) is 3.21. The third kappa shape index (κ3) is 4.21. The standard InChI is InChI=1S/C19H21N3O7S/c1-28-15-11-14(12-16(13-15)29-2)19(23)20-7-9-21(10-8-20)30(26,27)18-6-4-3-5-17(18)22(24)25/h3-6,11-13H,7-10H2,1-2H3. The summed E-state index contributed by atoms with van der Waals surface area (Å²) in [7, 11) is -1.10. The van der Waals surface area contributed by atoms with E-state index in [0.29, 0.717) is 17.1 Å². The number of benzene rings is 2. The Morgan fingerprint density at radius 1 is 1.00 bits per heavy atom. The maximum Gasteiger partial charge on any atom is 0.289 e. The molecule has 0 bridgehead atoms. The minimum Gasteiger partial charge on any atom is -0.497 e. The number of nitro groups is 1. The molecule has 1 amide bonds. The first-order chi connectivity index (χ1) is 14.3. The zero-order valence-electron chi connectivity index (χ0n) is 16.5. The Morgan fingerprint density at radius 2 is 1.57 bits per heavy atom. The van der Waals surface area contributed by atoms with Gasteiger partial charge in [-0.15, -0.1) is 0 Å². The monoisotopic (exact) mass is 435 g/mol. The Labute approximate surface area is 173 Å². The molecule has 2 aromatic carbocycles. The average Bonchev–Trinajstić information content (AvgIpc) is 2.78. The first kappa shape index (κ1) is 21.5. The molecule has 1 fully saturated rings. The number of amides is 1. The molecule has 0 aliphatic carbocycles. The fourth-order valence-corrected chi connectivity index (χ4v) is 4.79. The van der Waals surface area contributed by atoms with E-state index in [9.17, 15) is 23.3 Å². The number of carbonyl (C=O) groups excluding carboxylic acids is 1. The largest absolute Gasteiger partial charge is 0.497 e. The molecular weight excluding hydrogens is 414 g/mol. The summed E-state index contributed by atoms with van der Waals surface area (Å²) in [5.74, 6) is 0.653. The topological polar surface area (TPSA) is 119 Å². The van der Waals surface area contributed by atoms with Gasteiger partial charge in [0.25, 0.3) is 11.6 Å². The van der Waals surface area contributed by atoms with Gasteiger partial charge in [0.05, 0.1) is 19.1 Å². The summed E-state index contributed by atoms with van der Waals surface area (Å²) in [5, 5.41) is 11.2. The Kier molecular flexibility index (Phi) is 6.22. The second-order valence-electron chi connectivity index (χ2n) is 6.52. The summed E-state index contributed by atoms with van der Waals surface area (Å²) in [4.78, 5) is 24.5. The summed E-state index contributed by atoms with van der Waals surface area (Å²) in [6, 6.07) is 10.0. The van der Waals surface area contributed by atoms with Crippen LogP contribution in [0.1, 0.15) is 10.4 Å². The lowest BCUT2D eigenvalue weighted by Gasteiger charge is -2.34. The van der Waals surface area contributed by atoms with E-state index in [-0.39, 0.29) is 37.0 Å². The van der Waals surface area contributed by atoms with Crippen LogP contribution in [-0.2, 0) is 10.0 Å². The van der Waals surface area contributed by atoms with Gasteiger partial charge in [-0.3, -0.25) is 14.9 Å². The Morgan fingerprint density at radius 3 is 2.10 bits per heavy atom. The zero-order chi connectivity index (χ0) is 21.9. The zero-order valence-corrected chi connectivity index (χ0v) is 17.3. The molecule has 1 aliphatic rings. The highest BCUT2D eigenvalue weighted by atomic mass is 32.2. The molecule has 1 saturated heterocycles. The van der Waals surface area contributed by atoms with Gasteiger partial charge in [-0.2, -0.15) is 4.31 Å². The van der Waals surface area contributed by atoms with Crippen molar-refractivity contribution in [2.24, 2.45) is 0 Å². The number of sulfonamides is 1. The maximum atomic E-state index is 12.9. The first-order valence-electron chi connectivity index (χ1n) is 9.04. The number of piperazine rings is 1. The van der Waals surface area contributed by atoms with Crippen LogP contribution in [0.3, 0.4) is 0 Å². The summed E-state index contributed by atoms with van der Waals surface area (Å²) in [6.07, 6.45) is 0. The van der Waals surface area contributed by atoms with Gasteiger partial charge in [0.15, 0.2) is 4.90 Å². The molecule has 1 heterocycles. The van der Waals surface area contributed by atoms with E-state index in [2.05, 4.69) is 0 Å². The molecule has 0 unspecified atom stereocenters. The van der Waals surface area contributed by atoms with Crippen LogP contribution in [0, 0.1) is 10.1 Å². The molecule has 0 aromatic heterocycles. The van der Waals surface area contributed by atoms with Gasteiger partial charge in [0, 0.05) is 43.9 Å². The van der Waals surface area contributed by atoms with Crippen LogP contribution in [0.15, 0.2) is 47.4 Å². The lowest BCUT2D eigenvalue weighted by molar-refractivity contribution is -0.387. The van der Waals surface area contributed by atoms with Crippen LogP contribution in [0.2, 0.25) is 0 Å². The van der Waals surface area contributed by atoms with E-state index in [0.717, 1.165) is 10.4 Å². The maximum absolute atomic E-state index is 12.9. The SMILES string of the molecule is COc1cc(OC)cc(C(=O)N2CCN(S(=O)(=O)c3ccccc3[N+](=O)[O-])CC2)c1. The van der Waals surface area contributed by atoms with Crippen LogP contribution >= 0.6 is 0 Å². The van der Waals surface area contributed by atoms with Gasteiger partial charge >= 0.3 is 0 Å². The molecule has 0 spiro atoms. The fraction of sp³-hybridized carbons (Fsp3) is 0.316. The predicted octanol–water partition coefficient (Wildman–Crippen LogP) is 1.76. The molecule has 0 N–H and O–H groups in total. The van der Waals surface area contributed by atoms with Gasteiger partial charge in [-0.25, -0.2) is 8.42 Å². The summed E-state index contributed by atoms with van der Waals surface area (Å²) in [6.45, 7) is 0.360. The van der Waals surface area contributed by atoms with E-state index < -0.39 is 20.6 Å². The van der Waals surface area contributed by atoms with Crippen molar-refractivity contribution in [3.8, 4) is 11.5 Å². The van der Waals surface area contributed by atoms with Crippen molar-refractivity contribution in [1.29, 1.82) is 0 Å². The van der Waals surface area contributed by atoms with E-state index in [1.807, 2.05) is 0 Å². The molecule has 11 heteroatoms. The van der Waals surface area contributed by atoms with E-state index in [1.54, 1.807) is 18.2 Å². The van der Waals surface area contributed by atoms with Crippen LogP contribution in [0.4, 0.5) is 5.69 Å². The molecule has 160 valence electrons. The molecule has 0 radical (unpaired) electrons. The van der Waals surface area contributed by atoms with Crippen molar-refractivity contribution < 1.29 is 27.6 Å². The predicted molar refractivity (Wildman–Crippen MR) is 107 cm³/mol. The normalized spacial score (nSPS) is 14.9. The molecule has 2 aromatic rings. The highest BCUT2D eigenvalue weighted by molar-refractivity contribution is 7.89. The Hall–Kier alpha value is -3.18. The third-order valence-corrected chi connectivity index (χ3v) is 6.75. The quantitative estimate of drug-likeness (QED) is 0.501. The van der Waals surface area contributed by atoms with Crippen molar-refractivity contribution >= 4 is 21.6 Å². The number of ether oxygens (including phenoxy) is 2. The van der Waals surface area contributed by atoms with Crippen molar-refractivity contribution in [2.45, 2.75) is 4.90 Å². The van der Waals surface area contributed by atoms with Crippen molar-refractivity contribution in [3.63, 3.8) is 0 Å². The van der Waals surface area contributed by atoms with E-state index >= 15 is 0 Å². The lowest BCUT2D eigenvalue weighted by atomic mass is 10.1. The van der Waals surface area contributed by atoms with Gasteiger partial charge in [-0.1, -0.05) is 12.1 Å². The lowest BCUT2D eigenvalue weighted by Crippen LogP contribution is -2.50. The molecule has 30 heavy (non-hydrogen) atoms. The molecular formula is C19H21N3O7S. The van der Waals surface area contributed by atoms with Crippen LogP contribution in [0.25, 0.3) is 0 Å². The smallest absolute Gasteiger partial charge is 0.289 e. The average molecular weight is 435 g/mol. The molecule has 10 nitrogen and oxygen atoms in total. The number of nitrogens with zero attached hydrogens (tertiary/aromatic N) is 3. The van der Waals surface area contributed by atoms with Crippen LogP contribution < -0.4 is 9.47 Å². The first-order valence-corrected chi connectivity index (χ1v) is 10.5. The number of hydrogen-bond acceptors (Lipinski definition) is 7. The highest BCUT2D eigenvalue weighted by Crippen LogP contribution is 2.28. The molecule has 3 rings (SSSR count). The van der Waals surface area contributed by atoms with Crippen molar-refractivity contribution in [3.05, 3.63) is 58.1 Å². The van der Waals surface area contributed by atoms with Crippen molar-refractivity contribution in [1.82, 2.24) is 9.21 Å². The van der Waals surface area contributed by atoms with Gasteiger partial charge in [-0.05, 0) is 18.2 Å². The van der Waals surface area contributed by atoms with Gasteiger partial charge in [0.1, 0.15) is 11.5 Å². The second kappa shape index (κ2) is 8.67. The summed E-state index contributed by atoms with van der Waals surface area (Å²) < 4.78 is 37.3. The van der Waals surface area contributed by atoms with Crippen molar-refractivity contribution in [2.75, 3.05) is 40.4 Å². The van der Waals surface area contributed by atoms with Crippen LogP contribution in [-0.4, -0.2) is 68.9 Å². The molecule has 0 saturated carbocycles. The van der Waals surface area contributed by atoms with E-state index in [1.165, 1.54) is 37.3 Å². The third-order valence-electron chi connectivity index (χ3n) is 4.80. The highest BCUT2D eigenvalue weighted by Gasteiger charge is 2.34. The molecule has 1 aliphatic heterocycles. The minimum absolute atomic E-state index is 0.0290. The number of rotatable bonds is 6. The number of methoxy groups -OCH3 is 2. The minimum atomic E-state index is -4.06. The number of carbonyl (C=O) groups is 1. The number of hydrogen-bond donors (Lipinski definition) is 0. The Balaban J connectivity index is 1.76. The summed E-state index contributed by atoms with van der Waals surface area (Å²) in [5.41, 5.74) is -0.110. The Bertz CT molecular complexity index is 1040. The number of nitro benzene ring substituents is 1. The van der Waals surface area contributed by atoms with Gasteiger partial charge < -0.3 is 14.4 Å². The number of para-hydroxylation sites is 1. The van der Waals surface area contributed by atoms with Crippen LogP contribution in [0.5, 0.6) is 11.5 Å². The second-order valence-corrected chi connectivity index (χ2v) is 8.43. The van der Waals surface area contributed by atoms with Gasteiger partial charge in [0.2, 0.25) is 10.0 Å². The van der Waals surface area contributed by atoms with E-state index in [4.69, 9.17) is 9.47 Å². The summed E-state index contributed by atoms with van der Waals surface area (Å²) >= 11 is 0.